The Hall–Kier alpha value is -1.33. The first kappa shape index (κ1) is 25.9. The zero-order chi connectivity index (χ0) is 23.4. The minimum atomic E-state index is -1.31. The van der Waals surface area contributed by atoms with Crippen LogP contribution in [0.3, 0.4) is 0 Å². The largest absolute Gasteiger partial charge is 0.484 e. The first-order valence-electron chi connectivity index (χ1n) is 12.2. The maximum Gasteiger partial charge on any atom is 0.484 e. The zero-order valence-corrected chi connectivity index (χ0v) is 20.5. The van der Waals surface area contributed by atoms with Gasteiger partial charge in [-0.25, -0.2) is 0 Å². The van der Waals surface area contributed by atoms with Crippen LogP contribution in [0.5, 0.6) is 0 Å². The summed E-state index contributed by atoms with van der Waals surface area (Å²) in [6, 6.07) is 0. The average molecular weight is 430 g/mol. The van der Waals surface area contributed by atoms with Gasteiger partial charge in [-0.2, -0.15) is 0 Å². The number of esters is 1. The van der Waals surface area contributed by atoms with E-state index in [1.165, 1.54) is 12.5 Å². The smallest absolute Gasteiger partial charge is 0.462 e. The predicted octanol–water partition coefficient (Wildman–Crippen LogP) is 5.65. The van der Waals surface area contributed by atoms with E-state index in [0.29, 0.717) is 17.8 Å². The molecule has 0 heterocycles. The van der Waals surface area contributed by atoms with Gasteiger partial charge in [0, 0.05) is 13.3 Å². The Labute approximate surface area is 190 Å². The van der Waals surface area contributed by atoms with Crippen molar-refractivity contribution >= 4 is 13.1 Å². The molecule has 0 aromatic carbocycles. The minimum Gasteiger partial charge on any atom is -0.462 e. The molecule has 0 radical (unpaired) electrons. The van der Waals surface area contributed by atoms with Gasteiger partial charge in [0.1, 0.15) is 6.10 Å². The highest BCUT2D eigenvalue weighted by Crippen LogP contribution is 2.65. The Kier molecular flexibility index (Phi) is 8.81. The first-order chi connectivity index (χ1) is 14.7. The monoisotopic (exact) mass is 430 g/mol. The molecule has 6 unspecified atom stereocenters. The lowest BCUT2D eigenvalue weighted by Gasteiger charge is -2.57. The first-order valence-corrected chi connectivity index (χ1v) is 12.2. The van der Waals surface area contributed by atoms with Crippen molar-refractivity contribution in [2.75, 3.05) is 0 Å². The lowest BCUT2D eigenvalue weighted by atomic mass is 9.45. The standard InChI is InChI=1S/C21H31BO4.C3H6.C2H6/c1-13(23)26-15-8-10-20(2)14(12-15)4-5-16-17-6-7-19(22(24)25)21(17,3)11-9-18(16)20;1-3-2;1-2/h4,7,15-18,24-25H,5-6,8-12H2,1-3H3;3H,1H2,2H3;1-2H3. The van der Waals surface area contributed by atoms with Crippen molar-refractivity contribution in [3.05, 3.63) is 35.9 Å². The Morgan fingerprint density at radius 3 is 2.32 bits per heavy atom. The third-order valence-electron chi connectivity index (χ3n) is 8.31. The lowest BCUT2D eigenvalue weighted by Crippen LogP contribution is -2.51. The van der Waals surface area contributed by atoms with Crippen molar-refractivity contribution in [1.29, 1.82) is 0 Å². The second-order valence-corrected chi connectivity index (χ2v) is 9.87. The molecule has 2 N–H and O–H groups in total. The summed E-state index contributed by atoms with van der Waals surface area (Å²) >= 11 is 0. The molecule has 0 amide bonds. The average Bonchev–Trinajstić information content (AvgIpc) is 3.07. The highest BCUT2D eigenvalue weighted by molar-refractivity contribution is 6.51. The van der Waals surface area contributed by atoms with Gasteiger partial charge in [0.05, 0.1) is 0 Å². The van der Waals surface area contributed by atoms with Crippen LogP contribution in [0.4, 0.5) is 0 Å². The molecule has 6 atom stereocenters. The molecule has 31 heavy (non-hydrogen) atoms. The van der Waals surface area contributed by atoms with Gasteiger partial charge in [0.25, 0.3) is 0 Å². The number of hydrogen-bond acceptors (Lipinski definition) is 4. The number of carbonyl (C=O) groups is 1. The second-order valence-electron chi connectivity index (χ2n) is 9.87. The van der Waals surface area contributed by atoms with E-state index in [4.69, 9.17) is 4.74 Å². The maximum absolute atomic E-state index is 11.3. The summed E-state index contributed by atoms with van der Waals surface area (Å²) < 4.78 is 5.50. The van der Waals surface area contributed by atoms with Crippen molar-refractivity contribution in [3.8, 4) is 0 Å². The van der Waals surface area contributed by atoms with Gasteiger partial charge in [-0.1, -0.05) is 51.5 Å². The molecule has 174 valence electrons. The summed E-state index contributed by atoms with van der Waals surface area (Å²) in [5.74, 6) is 1.61. The molecule has 0 saturated heterocycles. The van der Waals surface area contributed by atoms with Crippen molar-refractivity contribution in [2.45, 2.75) is 92.6 Å². The molecule has 0 bridgehead atoms. The quantitative estimate of drug-likeness (QED) is 0.338. The minimum absolute atomic E-state index is 0.0431. The predicted molar refractivity (Wildman–Crippen MR) is 128 cm³/mol. The van der Waals surface area contributed by atoms with Gasteiger partial charge in [0.15, 0.2) is 0 Å². The number of carbonyl (C=O) groups excluding carboxylic acids is 1. The summed E-state index contributed by atoms with van der Waals surface area (Å²) in [6.07, 6.45) is 13.5. The number of hydrogen-bond donors (Lipinski definition) is 2. The van der Waals surface area contributed by atoms with Crippen molar-refractivity contribution in [2.24, 2.45) is 28.6 Å². The molecule has 4 aliphatic carbocycles. The Balaban J connectivity index is 0.000000630. The third-order valence-corrected chi connectivity index (χ3v) is 8.31. The maximum atomic E-state index is 11.3. The molecule has 4 nitrogen and oxygen atoms in total. The molecule has 0 spiro atoms. The van der Waals surface area contributed by atoms with Crippen LogP contribution in [0.2, 0.25) is 0 Å². The van der Waals surface area contributed by atoms with Crippen molar-refractivity contribution < 1.29 is 19.6 Å². The van der Waals surface area contributed by atoms with Crippen molar-refractivity contribution in [1.82, 2.24) is 0 Å². The van der Waals surface area contributed by atoms with Gasteiger partial charge in [-0.05, 0) is 79.5 Å². The van der Waals surface area contributed by atoms with Gasteiger partial charge in [-0.15, -0.1) is 6.58 Å². The number of allylic oxidation sites excluding steroid dienone is 4. The summed E-state index contributed by atoms with van der Waals surface area (Å²) in [7, 11) is -1.31. The summed E-state index contributed by atoms with van der Waals surface area (Å²) in [4.78, 5) is 11.3. The van der Waals surface area contributed by atoms with E-state index < -0.39 is 7.12 Å². The topological polar surface area (TPSA) is 66.8 Å². The summed E-state index contributed by atoms with van der Waals surface area (Å²) in [5.41, 5.74) is 2.49. The fraction of sp³-hybridized carbons (Fsp3) is 0.731. The third kappa shape index (κ3) is 4.88. The van der Waals surface area contributed by atoms with Crippen LogP contribution in [-0.2, 0) is 9.53 Å². The highest BCUT2D eigenvalue weighted by Gasteiger charge is 2.57. The molecular weight excluding hydrogens is 387 g/mol. The van der Waals surface area contributed by atoms with Crippen LogP contribution in [0.1, 0.15) is 86.5 Å². The molecular formula is C26H43BO4. The second kappa shape index (κ2) is 10.5. The Morgan fingerprint density at radius 1 is 1.13 bits per heavy atom. The molecule has 2 fully saturated rings. The van der Waals surface area contributed by atoms with Crippen LogP contribution < -0.4 is 0 Å². The molecule has 0 aromatic heterocycles. The molecule has 0 aliphatic heterocycles. The number of rotatable bonds is 2. The molecule has 4 aliphatic rings. The zero-order valence-electron chi connectivity index (χ0n) is 20.5. The molecule has 4 rings (SSSR count). The van der Waals surface area contributed by atoms with Crippen LogP contribution in [-0.4, -0.2) is 29.2 Å². The fourth-order valence-corrected chi connectivity index (χ4v) is 6.96. The van der Waals surface area contributed by atoms with Crippen LogP contribution in [0.15, 0.2) is 35.9 Å². The Bertz CT molecular complexity index is 712. The van der Waals surface area contributed by atoms with Gasteiger partial charge in [-0.3, -0.25) is 4.79 Å². The van der Waals surface area contributed by atoms with E-state index in [0.717, 1.165) is 50.4 Å². The van der Waals surface area contributed by atoms with Gasteiger partial charge in [0.2, 0.25) is 0 Å². The summed E-state index contributed by atoms with van der Waals surface area (Å²) in [6.45, 7) is 15.4. The van der Waals surface area contributed by atoms with E-state index in [-0.39, 0.29) is 22.9 Å². The molecule has 5 heteroatoms. The SMILES string of the molecule is C=CC.CC.CC(=O)OC1CCC2(C)C(=CCC3C2CCC2(C)C(B(O)O)=CCC32)C1. The molecule has 2 saturated carbocycles. The van der Waals surface area contributed by atoms with Gasteiger partial charge < -0.3 is 14.8 Å². The van der Waals surface area contributed by atoms with E-state index in [1.807, 2.05) is 20.8 Å². The lowest BCUT2D eigenvalue weighted by molar-refractivity contribution is -0.148. The normalized spacial score (nSPS) is 37.7. The Morgan fingerprint density at radius 2 is 1.74 bits per heavy atom. The van der Waals surface area contributed by atoms with E-state index in [9.17, 15) is 14.8 Å². The van der Waals surface area contributed by atoms with Crippen LogP contribution in [0.25, 0.3) is 0 Å². The number of fused-ring (bicyclic) bond motifs is 5. The number of ether oxygens (including phenoxy) is 1. The highest BCUT2D eigenvalue weighted by atomic mass is 16.5. The van der Waals surface area contributed by atoms with E-state index >= 15 is 0 Å². The summed E-state index contributed by atoms with van der Waals surface area (Å²) in [5, 5.41) is 19.7. The van der Waals surface area contributed by atoms with Crippen LogP contribution in [0, 0.1) is 28.6 Å². The fourth-order valence-electron chi connectivity index (χ4n) is 6.96. The van der Waals surface area contributed by atoms with E-state index in [1.54, 1.807) is 6.08 Å². The van der Waals surface area contributed by atoms with Gasteiger partial charge >= 0.3 is 13.1 Å². The van der Waals surface area contributed by atoms with Crippen molar-refractivity contribution in [3.63, 3.8) is 0 Å². The molecule has 0 aromatic rings. The van der Waals surface area contributed by atoms with E-state index in [2.05, 4.69) is 32.6 Å². The van der Waals surface area contributed by atoms with Crippen LogP contribution >= 0.6 is 0 Å².